The van der Waals surface area contributed by atoms with Crippen molar-refractivity contribution in [3.63, 3.8) is 0 Å². The van der Waals surface area contributed by atoms with Crippen molar-refractivity contribution in [2.24, 2.45) is 5.73 Å². The molecule has 0 atom stereocenters. The number of carbonyl (C=O) groups excluding carboxylic acids is 1. The number of hydrogen-bond donors (Lipinski definition) is 2. The van der Waals surface area contributed by atoms with E-state index in [9.17, 15) is 14.9 Å². The third-order valence-electron chi connectivity index (χ3n) is 1.96. The number of nitrogens with two attached hydrogens (primary N) is 1. The third-order valence-corrected chi connectivity index (χ3v) is 2.99. The molecule has 6 nitrogen and oxygen atoms in total. The quantitative estimate of drug-likeness (QED) is 0.645. The number of rotatable bonds is 4. The summed E-state index contributed by atoms with van der Waals surface area (Å²) >= 11 is 0.848. The van der Waals surface area contributed by atoms with E-state index >= 15 is 0 Å². The second-order valence-electron chi connectivity index (χ2n) is 3.94. The lowest BCUT2D eigenvalue weighted by Crippen LogP contribution is -2.48. The van der Waals surface area contributed by atoms with Crippen molar-refractivity contribution in [2.75, 3.05) is 6.54 Å². The van der Waals surface area contributed by atoms with Gasteiger partial charge in [0.05, 0.1) is 9.80 Å². The summed E-state index contributed by atoms with van der Waals surface area (Å²) in [5, 5.41) is 13.1. The molecular formula is C9H14ClN3O3S. The monoisotopic (exact) mass is 279 g/mol. The number of halogens is 1. The first-order chi connectivity index (χ1) is 7.35. The van der Waals surface area contributed by atoms with E-state index in [1.54, 1.807) is 13.8 Å². The molecule has 0 fully saturated rings. The number of nitrogens with one attached hydrogen (secondary N) is 1. The summed E-state index contributed by atoms with van der Waals surface area (Å²) in [7, 11) is 0. The zero-order valence-electron chi connectivity index (χ0n) is 9.43. The van der Waals surface area contributed by atoms with Gasteiger partial charge in [0.1, 0.15) is 0 Å². The lowest BCUT2D eigenvalue weighted by molar-refractivity contribution is -0.380. The van der Waals surface area contributed by atoms with Gasteiger partial charge in [0.15, 0.2) is 0 Å². The Bertz CT molecular complexity index is 419. The Hall–Kier alpha value is -1.18. The molecule has 0 aliphatic rings. The van der Waals surface area contributed by atoms with E-state index in [0.717, 1.165) is 11.3 Å². The number of hydrogen-bond acceptors (Lipinski definition) is 5. The first kappa shape index (κ1) is 15.8. The maximum atomic E-state index is 11.7. The Kier molecular flexibility index (Phi) is 5.53. The number of nitrogens with zero attached hydrogens (tertiary/aromatic N) is 1. The third kappa shape index (κ3) is 4.29. The molecule has 0 saturated carbocycles. The fourth-order valence-electron chi connectivity index (χ4n) is 0.968. The number of amides is 1. The van der Waals surface area contributed by atoms with Gasteiger partial charge >= 0.3 is 5.00 Å². The molecule has 0 aromatic carbocycles. The van der Waals surface area contributed by atoms with Crippen molar-refractivity contribution in [1.82, 2.24) is 5.32 Å². The summed E-state index contributed by atoms with van der Waals surface area (Å²) in [5.74, 6) is -0.339. The fourth-order valence-corrected chi connectivity index (χ4v) is 1.68. The van der Waals surface area contributed by atoms with E-state index in [-0.39, 0.29) is 23.3 Å². The topological polar surface area (TPSA) is 98.3 Å². The summed E-state index contributed by atoms with van der Waals surface area (Å²) < 4.78 is 0. The van der Waals surface area contributed by atoms with Gasteiger partial charge in [-0.2, -0.15) is 0 Å². The molecule has 0 bridgehead atoms. The molecule has 0 radical (unpaired) electrons. The SMILES string of the molecule is CC(C)(CN)NC(=O)c1ccc([N+](=O)[O-])s1.Cl. The van der Waals surface area contributed by atoms with Crippen LogP contribution < -0.4 is 11.1 Å². The molecule has 17 heavy (non-hydrogen) atoms. The molecule has 0 spiro atoms. The Labute approximate surface area is 109 Å². The maximum absolute atomic E-state index is 11.7. The van der Waals surface area contributed by atoms with Crippen LogP contribution >= 0.6 is 23.7 Å². The Balaban J connectivity index is 0.00000256. The summed E-state index contributed by atoms with van der Waals surface area (Å²) in [5.41, 5.74) is 4.95. The van der Waals surface area contributed by atoms with Gasteiger partial charge in [-0.1, -0.05) is 11.3 Å². The zero-order valence-corrected chi connectivity index (χ0v) is 11.1. The highest BCUT2D eigenvalue weighted by Gasteiger charge is 2.21. The molecule has 1 amide bonds. The average molecular weight is 280 g/mol. The Morgan fingerprint density at radius 2 is 2.18 bits per heavy atom. The molecule has 0 saturated heterocycles. The number of thiophene rings is 1. The lowest BCUT2D eigenvalue weighted by atomic mass is 10.1. The van der Waals surface area contributed by atoms with Crippen LogP contribution in [0.5, 0.6) is 0 Å². The molecule has 8 heteroatoms. The van der Waals surface area contributed by atoms with Crippen LogP contribution in [0, 0.1) is 10.1 Å². The van der Waals surface area contributed by atoms with Crippen molar-refractivity contribution in [3.8, 4) is 0 Å². The summed E-state index contributed by atoms with van der Waals surface area (Å²) in [6.45, 7) is 3.87. The van der Waals surface area contributed by atoms with Crippen LogP contribution in [-0.2, 0) is 0 Å². The van der Waals surface area contributed by atoms with Crippen LogP contribution in [0.4, 0.5) is 5.00 Å². The van der Waals surface area contributed by atoms with Crippen LogP contribution in [0.3, 0.4) is 0 Å². The molecule has 96 valence electrons. The van der Waals surface area contributed by atoms with E-state index in [2.05, 4.69) is 5.32 Å². The molecule has 1 aromatic rings. The highest BCUT2D eigenvalue weighted by atomic mass is 35.5. The highest BCUT2D eigenvalue weighted by molar-refractivity contribution is 7.17. The first-order valence-electron chi connectivity index (χ1n) is 4.62. The van der Waals surface area contributed by atoms with Gasteiger partial charge in [0.25, 0.3) is 5.91 Å². The average Bonchev–Trinajstić information content (AvgIpc) is 2.66. The van der Waals surface area contributed by atoms with E-state index in [1.807, 2.05) is 0 Å². The molecule has 3 N–H and O–H groups in total. The minimum Gasteiger partial charge on any atom is -0.345 e. The molecule has 0 unspecified atom stereocenters. The predicted molar refractivity (Wildman–Crippen MR) is 68.8 cm³/mol. The van der Waals surface area contributed by atoms with Crippen molar-refractivity contribution < 1.29 is 9.72 Å². The largest absolute Gasteiger partial charge is 0.345 e. The summed E-state index contributed by atoms with van der Waals surface area (Å²) in [4.78, 5) is 21.9. The zero-order chi connectivity index (χ0) is 12.3. The second-order valence-corrected chi connectivity index (χ2v) is 5.00. The fraction of sp³-hybridized carbons (Fsp3) is 0.444. The van der Waals surface area contributed by atoms with Crippen molar-refractivity contribution in [1.29, 1.82) is 0 Å². The summed E-state index contributed by atoms with van der Waals surface area (Å²) in [6.07, 6.45) is 0. The smallest absolute Gasteiger partial charge is 0.324 e. The van der Waals surface area contributed by atoms with Gasteiger partial charge in [-0.15, -0.1) is 12.4 Å². The molecular weight excluding hydrogens is 266 g/mol. The minimum absolute atomic E-state index is 0. The molecule has 1 rings (SSSR count). The van der Waals surface area contributed by atoms with Gasteiger partial charge in [-0.05, 0) is 19.9 Å². The molecule has 1 aromatic heterocycles. The van der Waals surface area contributed by atoms with Gasteiger partial charge in [-0.3, -0.25) is 14.9 Å². The Morgan fingerprint density at radius 1 is 1.59 bits per heavy atom. The molecule has 1 heterocycles. The second kappa shape index (κ2) is 5.95. The Morgan fingerprint density at radius 3 is 2.59 bits per heavy atom. The van der Waals surface area contributed by atoms with Crippen molar-refractivity contribution in [3.05, 3.63) is 27.1 Å². The summed E-state index contributed by atoms with van der Waals surface area (Å²) in [6, 6.07) is 2.75. The van der Waals surface area contributed by atoms with E-state index in [0.29, 0.717) is 11.4 Å². The number of carbonyl (C=O) groups is 1. The standard InChI is InChI=1S/C9H13N3O3S.ClH/c1-9(2,5-10)11-8(13)6-3-4-7(16-6)12(14)15;/h3-4H,5,10H2,1-2H3,(H,11,13);1H. The lowest BCUT2D eigenvalue weighted by Gasteiger charge is -2.23. The first-order valence-corrected chi connectivity index (χ1v) is 5.44. The van der Waals surface area contributed by atoms with E-state index < -0.39 is 10.5 Å². The molecule has 0 aliphatic heterocycles. The minimum atomic E-state index is -0.518. The normalized spacial score (nSPS) is 10.5. The van der Waals surface area contributed by atoms with Gasteiger partial charge in [0.2, 0.25) is 0 Å². The maximum Gasteiger partial charge on any atom is 0.324 e. The van der Waals surface area contributed by atoms with Crippen LogP contribution in [0.2, 0.25) is 0 Å². The molecule has 0 aliphatic carbocycles. The van der Waals surface area contributed by atoms with Gasteiger partial charge < -0.3 is 11.1 Å². The van der Waals surface area contributed by atoms with Crippen LogP contribution in [0.15, 0.2) is 12.1 Å². The predicted octanol–water partition coefficient (Wildman–Crippen LogP) is 1.55. The van der Waals surface area contributed by atoms with E-state index in [4.69, 9.17) is 5.73 Å². The van der Waals surface area contributed by atoms with Crippen molar-refractivity contribution in [2.45, 2.75) is 19.4 Å². The van der Waals surface area contributed by atoms with Gasteiger partial charge in [0, 0.05) is 18.2 Å². The van der Waals surface area contributed by atoms with Crippen LogP contribution in [-0.4, -0.2) is 22.9 Å². The van der Waals surface area contributed by atoms with E-state index in [1.165, 1.54) is 12.1 Å². The number of nitro groups is 1. The van der Waals surface area contributed by atoms with Gasteiger partial charge in [-0.25, -0.2) is 0 Å². The van der Waals surface area contributed by atoms with Crippen LogP contribution in [0.25, 0.3) is 0 Å². The van der Waals surface area contributed by atoms with Crippen LogP contribution in [0.1, 0.15) is 23.5 Å². The van der Waals surface area contributed by atoms with Crippen molar-refractivity contribution >= 4 is 34.7 Å². The highest BCUT2D eigenvalue weighted by Crippen LogP contribution is 2.24.